The van der Waals surface area contributed by atoms with Crippen molar-refractivity contribution in [2.24, 2.45) is 0 Å². The Morgan fingerprint density at radius 1 is 0.750 bits per heavy atom. The zero-order chi connectivity index (χ0) is 17.0. The number of hydrogen-bond donors (Lipinski definition) is 1. The molecule has 1 atom stereocenters. The molecule has 0 amide bonds. The molecule has 3 aromatic carbocycles. The molecular formula is C21H22NOP. The second-order valence-corrected chi connectivity index (χ2v) is 8.55. The molecule has 0 unspecified atom stereocenters. The summed E-state index contributed by atoms with van der Waals surface area (Å²) in [6.07, 6.45) is 0. The zero-order valence-corrected chi connectivity index (χ0v) is 14.9. The number of benzene rings is 3. The van der Waals surface area contributed by atoms with Crippen LogP contribution >= 0.6 is 7.29 Å². The molecule has 3 aromatic rings. The fourth-order valence-electron chi connectivity index (χ4n) is 2.78. The third-order valence-corrected chi connectivity index (χ3v) is 6.99. The first kappa shape index (κ1) is 16.7. The molecule has 0 saturated heterocycles. The summed E-state index contributed by atoms with van der Waals surface area (Å²) in [6, 6.07) is 27.7. The van der Waals surface area contributed by atoms with Crippen molar-refractivity contribution in [3.05, 3.63) is 96.1 Å². The molecule has 1 N–H and O–H groups in total. The second-order valence-electron chi connectivity index (χ2n) is 6.04. The van der Waals surface area contributed by atoms with Gasteiger partial charge >= 0.3 is 0 Å². The third-order valence-electron chi connectivity index (χ3n) is 4.19. The van der Waals surface area contributed by atoms with E-state index in [1.54, 1.807) is 0 Å². The Balaban J connectivity index is 2.00. The third kappa shape index (κ3) is 3.51. The lowest BCUT2D eigenvalue weighted by Crippen LogP contribution is -2.29. The van der Waals surface area contributed by atoms with Crippen LogP contribution in [0.25, 0.3) is 0 Å². The molecule has 0 aliphatic carbocycles. The van der Waals surface area contributed by atoms with Gasteiger partial charge in [0.1, 0.15) is 0 Å². The number of nitrogens with one attached hydrogen (secondary N) is 1. The number of aryl methyl sites for hydroxylation is 1. The fourth-order valence-corrected chi connectivity index (χ4v) is 5.25. The first-order valence-corrected chi connectivity index (χ1v) is 9.86. The van der Waals surface area contributed by atoms with E-state index in [1.165, 1.54) is 5.56 Å². The monoisotopic (exact) mass is 335 g/mol. The van der Waals surface area contributed by atoms with Crippen LogP contribution in [0.3, 0.4) is 0 Å². The standard InChI is InChI=1S/C21H22NOP/c1-17-13-15-19(16-14-17)18(2)22-24(23,20-9-5-3-6-10-20)21-11-7-4-8-12-21/h3-16,18H,1-2H3,(H,22,23)/t18-/m1/s1. The van der Waals surface area contributed by atoms with Gasteiger partial charge in [-0.3, -0.25) is 9.65 Å². The summed E-state index contributed by atoms with van der Waals surface area (Å²) >= 11 is 0. The largest absolute Gasteiger partial charge is 0.297 e. The first-order chi connectivity index (χ1) is 11.6. The van der Waals surface area contributed by atoms with Gasteiger partial charge in [-0.25, -0.2) is 0 Å². The molecule has 0 saturated carbocycles. The maximum Gasteiger partial charge on any atom is 0.205 e. The Kier molecular flexibility index (Phi) is 4.99. The van der Waals surface area contributed by atoms with Gasteiger partial charge in [-0.2, -0.15) is 0 Å². The van der Waals surface area contributed by atoms with Crippen molar-refractivity contribution in [2.45, 2.75) is 19.9 Å². The summed E-state index contributed by atoms with van der Waals surface area (Å²) in [5.41, 5.74) is 2.35. The first-order valence-electron chi connectivity index (χ1n) is 8.15. The van der Waals surface area contributed by atoms with Gasteiger partial charge < -0.3 is 0 Å². The van der Waals surface area contributed by atoms with Crippen molar-refractivity contribution >= 4 is 17.9 Å². The predicted molar refractivity (Wildman–Crippen MR) is 102 cm³/mol. The molecule has 3 heteroatoms. The van der Waals surface area contributed by atoms with E-state index >= 15 is 0 Å². The van der Waals surface area contributed by atoms with Crippen LogP contribution in [-0.2, 0) is 4.57 Å². The smallest absolute Gasteiger partial charge is 0.205 e. The van der Waals surface area contributed by atoms with Crippen LogP contribution in [0, 0.1) is 6.92 Å². The minimum atomic E-state index is -2.91. The Hall–Kier alpha value is -2.15. The summed E-state index contributed by atoms with van der Waals surface area (Å²) in [4.78, 5) is 0. The molecule has 0 aliphatic rings. The molecule has 24 heavy (non-hydrogen) atoms. The van der Waals surface area contributed by atoms with Crippen molar-refractivity contribution in [1.29, 1.82) is 0 Å². The topological polar surface area (TPSA) is 29.1 Å². The summed E-state index contributed by atoms with van der Waals surface area (Å²) in [5.74, 6) is 0. The Morgan fingerprint density at radius 3 is 1.67 bits per heavy atom. The van der Waals surface area contributed by atoms with Crippen LogP contribution in [0.5, 0.6) is 0 Å². The lowest BCUT2D eigenvalue weighted by atomic mass is 10.1. The molecule has 3 rings (SSSR count). The number of rotatable bonds is 5. The molecule has 0 heterocycles. The maximum absolute atomic E-state index is 14.0. The van der Waals surface area contributed by atoms with Gasteiger partial charge in [-0.1, -0.05) is 66.2 Å². The molecule has 2 nitrogen and oxygen atoms in total. The van der Waals surface area contributed by atoms with Gasteiger partial charge in [-0.05, 0) is 43.7 Å². The van der Waals surface area contributed by atoms with Gasteiger partial charge in [0, 0.05) is 16.7 Å². The highest BCUT2D eigenvalue weighted by molar-refractivity contribution is 7.76. The van der Waals surface area contributed by atoms with E-state index in [2.05, 4.69) is 43.2 Å². The van der Waals surface area contributed by atoms with Crippen LogP contribution in [0.4, 0.5) is 0 Å². The lowest BCUT2D eigenvalue weighted by molar-refractivity contribution is 0.568. The van der Waals surface area contributed by atoms with Crippen molar-refractivity contribution in [2.75, 3.05) is 0 Å². The Bertz CT molecular complexity index is 785. The second kappa shape index (κ2) is 7.17. The SMILES string of the molecule is Cc1ccc([C@@H](C)NP(=O)(c2ccccc2)c2ccccc2)cc1. The van der Waals surface area contributed by atoms with Crippen LogP contribution in [0.15, 0.2) is 84.9 Å². The van der Waals surface area contributed by atoms with Gasteiger partial charge in [0.2, 0.25) is 7.29 Å². The van der Waals surface area contributed by atoms with Crippen molar-refractivity contribution in [1.82, 2.24) is 5.09 Å². The highest BCUT2D eigenvalue weighted by Crippen LogP contribution is 2.41. The van der Waals surface area contributed by atoms with Gasteiger partial charge in [0.05, 0.1) is 0 Å². The van der Waals surface area contributed by atoms with Crippen molar-refractivity contribution < 1.29 is 4.57 Å². The van der Waals surface area contributed by atoms with E-state index in [-0.39, 0.29) is 6.04 Å². The van der Waals surface area contributed by atoms with Crippen molar-refractivity contribution in [3.8, 4) is 0 Å². The Labute approximate surface area is 144 Å². The molecule has 0 fully saturated rings. The molecule has 0 spiro atoms. The van der Waals surface area contributed by atoms with E-state index in [0.29, 0.717) is 0 Å². The summed E-state index contributed by atoms with van der Waals surface area (Å²) < 4.78 is 14.0. The van der Waals surface area contributed by atoms with Gasteiger partial charge in [-0.15, -0.1) is 0 Å². The van der Waals surface area contributed by atoms with E-state index in [4.69, 9.17) is 0 Å². The highest BCUT2D eigenvalue weighted by Gasteiger charge is 2.28. The molecule has 0 radical (unpaired) electrons. The lowest BCUT2D eigenvalue weighted by Gasteiger charge is -2.25. The summed E-state index contributed by atoms with van der Waals surface area (Å²) in [7, 11) is -2.91. The zero-order valence-electron chi connectivity index (χ0n) is 14.0. The highest BCUT2D eigenvalue weighted by atomic mass is 31.2. The van der Waals surface area contributed by atoms with Gasteiger partial charge in [0.25, 0.3) is 0 Å². The molecule has 122 valence electrons. The normalized spacial score (nSPS) is 12.8. The molecule has 0 aliphatic heterocycles. The van der Waals surface area contributed by atoms with Gasteiger partial charge in [0.15, 0.2) is 0 Å². The van der Waals surface area contributed by atoms with Crippen molar-refractivity contribution in [3.63, 3.8) is 0 Å². The van der Waals surface area contributed by atoms with Crippen LogP contribution < -0.4 is 15.7 Å². The van der Waals surface area contributed by atoms with Crippen LogP contribution in [0.1, 0.15) is 24.1 Å². The Morgan fingerprint density at radius 2 is 1.21 bits per heavy atom. The molecular weight excluding hydrogens is 313 g/mol. The summed E-state index contributed by atoms with van der Waals surface area (Å²) in [5, 5.41) is 5.07. The summed E-state index contributed by atoms with van der Waals surface area (Å²) in [6.45, 7) is 4.13. The minimum Gasteiger partial charge on any atom is -0.297 e. The van der Waals surface area contributed by atoms with E-state index in [0.717, 1.165) is 16.2 Å². The fraction of sp³-hybridized carbons (Fsp3) is 0.143. The van der Waals surface area contributed by atoms with E-state index in [1.807, 2.05) is 60.7 Å². The molecule has 0 bridgehead atoms. The van der Waals surface area contributed by atoms with Crippen LogP contribution in [0.2, 0.25) is 0 Å². The predicted octanol–water partition coefficient (Wildman–Crippen LogP) is 4.57. The average molecular weight is 335 g/mol. The molecule has 0 aromatic heterocycles. The van der Waals surface area contributed by atoms with E-state index in [9.17, 15) is 4.57 Å². The average Bonchev–Trinajstić information content (AvgIpc) is 2.63. The minimum absolute atomic E-state index is 0.0168. The quantitative estimate of drug-likeness (QED) is 0.692. The number of hydrogen-bond acceptors (Lipinski definition) is 1. The maximum atomic E-state index is 14.0. The van der Waals surface area contributed by atoms with Crippen LogP contribution in [-0.4, -0.2) is 0 Å². The van der Waals surface area contributed by atoms with E-state index < -0.39 is 7.29 Å².